The molecule has 2 N–H and O–H groups in total. The number of likely N-dealkylation sites (tertiary alicyclic amines) is 1. The Hall–Kier alpha value is -4.17. The number of furan rings is 1. The second kappa shape index (κ2) is 12.7. The quantitative estimate of drug-likeness (QED) is 0.267. The maximum Gasteiger partial charge on any atom is 0.253 e. The third kappa shape index (κ3) is 6.21. The number of hydrogen-bond donors (Lipinski definition) is 2. The van der Waals surface area contributed by atoms with Crippen molar-refractivity contribution < 1.29 is 14.0 Å². The number of piperidine rings is 2. The lowest BCUT2D eigenvalue weighted by Gasteiger charge is -2.38. The van der Waals surface area contributed by atoms with E-state index in [1.807, 2.05) is 37.3 Å². The third-order valence-electron chi connectivity index (χ3n) is 10.4. The molecule has 4 heterocycles. The van der Waals surface area contributed by atoms with Crippen molar-refractivity contribution in [2.75, 3.05) is 31.6 Å². The predicted octanol–water partition coefficient (Wildman–Crippen LogP) is 6.05. The van der Waals surface area contributed by atoms with E-state index in [1.165, 1.54) is 18.4 Å². The molecule has 1 aliphatic carbocycles. The van der Waals surface area contributed by atoms with Gasteiger partial charge in [-0.1, -0.05) is 30.3 Å². The van der Waals surface area contributed by atoms with E-state index in [-0.39, 0.29) is 17.9 Å². The lowest BCUT2D eigenvalue weighted by molar-refractivity contribution is 0.0932. The summed E-state index contributed by atoms with van der Waals surface area (Å²) in [5.74, 6) is 1.88. The normalized spacial score (nSPS) is 22.4. The lowest BCUT2D eigenvalue weighted by atomic mass is 9.89. The molecule has 7 rings (SSSR count). The summed E-state index contributed by atoms with van der Waals surface area (Å²) in [5, 5.41) is 7.38. The monoisotopic (exact) mass is 605 g/mol. The fourth-order valence-electron chi connectivity index (χ4n) is 7.80. The highest BCUT2D eigenvalue weighted by Crippen LogP contribution is 2.39. The molecule has 8 heteroatoms. The number of nitrogens with one attached hydrogen (secondary N) is 2. The average Bonchev–Trinajstić information content (AvgIpc) is 3.72. The van der Waals surface area contributed by atoms with Crippen LogP contribution in [0.3, 0.4) is 0 Å². The largest absolute Gasteiger partial charge is 0.464 e. The number of hydrogen-bond acceptors (Lipinski definition) is 6. The van der Waals surface area contributed by atoms with Gasteiger partial charge in [-0.25, -0.2) is 4.98 Å². The van der Waals surface area contributed by atoms with Gasteiger partial charge >= 0.3 is 0 Å². The number of carbonyl (C=O) groups excluding carboxylic acids is 2. The molecule has 3 aliphatic rings. The molecular weight excluding hydrogens is 562 g/mol. The number of benzene rings is 2. The minimum Gasteiger partial charge on any atom is -0.464 e. The van der Waals surface area contributed by atoms with Crippen LogP contribution in [-0.4, -0.2) is 60.5 Å². The Morgan fingerprint density at radius 1 is 0.933 bits per heavy atom. The summed E-state index contributed by atoms with van der Waals surface area (Å²) in [4.78, 5) is 35.7. The maximum atomic E-state index is 13.3. The van der Waals surface area contributed by atoms with Crippen molar-refractivity contribution in [1.82, 2.24) is 20.5 Å². The van der Waals surface area contributed by atoms with Crippen LogP contribution in [0.15, 0.2) is 71.5 Å². The van der Waals surface area contributed by atoms with Gasteiger partial charge in [0.15, 0.2) is 0 Å². The first-order valence-corrected chi connectivity index (χ1v) is 16.5. The second-order valence-corrected chi connectivity index (χ2v) is 13.3. The zero-order valence-electron chi connectivity index (χ0n) is 26.3. The van der Waals surface area contributed by atoms with E-state index >= 15 is 0 Å². The Labute approximate surface area is 265 Å². The number of amides is 2. The fourth-order valence-corrected chi connectivity index (χ4v) is 7.80. The van der Waals surface area contributed by atoms with Crippen LogP contribution in [0.4, 0.5) is 5.82 Å². The van der Waals surface area contributed by atoms with Crippen molar-refractivity contribution >= 4 is 28.6 Å². The van der Waals surface area contributed by atoms with Gasteiger partial charge in [-0.15, -0.1) is 0 Å². The first kappa shape index (κ1) is 29.5. The van der Waals surface area contributed by atoms with Gasteiger partial charge in [0, 0.05) is 47.9 Å². The standard InChI is InChI=1S/C37H43N5O3/c1-24-32(11-9-28-15-19-45-35(24)28)37(44)40-31-20-29-4-3-16-42(33(29)21-31)34-12-10-30(23-38-34)36(43)39-22-25-5-7-26(8-6-25)27-13-17-41(2)18-14-27/h5-12,15,19,23,27,29,31,33H,3-4,13-14,16-18,20-22H2,1-2H3,(H,39,43)(H,40,44). The molecule has 0 bridgehead atoms. The molecule has 234 valence electrons. The molecule has 2 aliphatic heterocycles. The summed E-state index contributed by atoms with van der Waals surface area (Å²) in [5.41, 5.74) is 5.38. The van der Waals surface area contributed by atoms with Crippen LogP contribution >= 0.6 is 0 Å². The third-order valence-corrected chi connectivity index (χ3v) is 10.4. The molecule has 2 aromatic heterocycles. The number of rotatable bonds is 7. The Balaban J connectivity index is 0.939. The molecule has 2 saturated heterocycles. The maximum absolute atomic E-state index is 13.3. The molecule has 3 fully saturated rings. The average molecular weight is 606 g/mol. The van der Waals surface area contributed by atoms with E-state index in [9.17, 15) is 9.59 Å². The van der Waals surface area contributed by atoms with Gasteiger partial charge in [-0.3, -0.25) is 9.59 Å². The Morgan fingerprint density at radius 2 is 1.76 bits per heavy atom. The van der Waals surface area contributed by atoms with E-state index in [0.717, 1.165) is 73.2 Å². The van der Waals surface area contributed by atoms with Gasteiger partial charge in [-0.2, -0.15) is 0 Å². The lowest BCUT2D eigenvalue weighted by Crippen LogP contribution is -2.43. The summed E-state index contributed by atoms with van der Waals surface area (Å²) < 4.78 is 5.61. The minimum absolute atomic E-state index is 0.0392. The van der Waals surface area contributed by atoms with Gasteiger partial charge in [0.05, 0.1) is 11.8 Å². The number of carbonyl (C=O) groups is 2. The van der Waals surface area contributed by atoms with Crippen molar-refractivity contribution in [3.8, 4) is 0 Å². The molecule has 3 unspecified atom stereocenters. The summed E-state index contributed by atoms with van der Waals surface area (Å²) in [6, 6.07) is 18.8. The first-order chi connectivity index (χ1) is 21.9. The van der Waals surface area contributed by atoms with Crippen molar-refractivity contribution in [3.63, 3.8) is 0 Å². The highest BCUT2D eigenvalue weighted by atomic mass is 16.3. The molecular formula is C37H43N5O3. The summed E-state index contributed by atoms with van der Waals surface area (Å²) in [6.45, 7) is 5.67. The number of fused-ring (bicyclic) bond motifs is 2. The first-order valence-electron chi connectivity index (χ1n) is 16.5. The van der Waals surface area contributed by atoms with Crippen molar-refractivity contribution in [2.45, 2.75) is 70.0 Å². The minimum atomic E-state index is -0.114. The van der Waals surface area contributed by atoms with Gasteiger partial charge in [0.25, 0.3) is 11.8 Å². The number of nitrogens with zero attached hydrogens (tertiary/aromatic N) is 3. The van der Waals surface area contributed by atoms with Crippen LogP contribution in [0.5, 0.6) is 0 Å². The van der Waals surface area contributed by atoms with E-state index in [2.05, 4.69) is 51.7 Å². The molecule has 2 amide bonds. The molecule has 8 nitrogen and oxygen atoms in total. The van der Waals surface area contributed by atoms with Crippen LogP contribution in [-0.2, 0) is 6.54 Å². The summed E-state index contributed by atoms with van der Waals surface area (Å²) in [6.07, 6.45) is 9.87. The SMILES string of the molecule is Cc1c(C(=O)NC2CC3CCCN(c4ccc(C(=O)NCc5ccc(C6CCN(C)CC6)cc5)cn4)C3C2)ccc2ccoc12. The van der Waals surface area contributed by atoms with Crippen molar-refractivity contribution in [1.29, 1.82) is 0 Å². The van der Waals surface area contributed by atoms with E-state index < -0.39 is 0 Å². The molecule has 2 aromatic carbocycles. The Kier molecular flexibility index (Phi) is 8.32. The zero-order chi connectivity index (χ0) is 30.9. The molecule has 1 saturated carbocycles. The highest BCUT2D eigenvalue weighted by molar-refractivity contribution is 6.00. The van der Waals surface area contributed by atoms with Crippen LogP contribution in [0.25, 0.3) is 11.0 Å². The van der Waals surface area contributed by atoms with Gasteiger partial charge in [0.1, 0.15) is 11.4 Å². The Morgan fingerprint density at radius 3 is 2.53 bits per heavy atom. The van der Waals surface area contributed by atoms with E-state index in [4.69, 9.17) is 9.40 Å². The van der Waals surface area contributed by atoms with E-state index in [0.29, 0.717) is 35.5 Å². The fraction of sp³-hybridized carbons (Fsp3) is 0.432. The number of anilines is 1. The highest BCUT2D eigenvalue weighted by Gasteiger charge is 2.41. The molecule has 0 spiro atoms. The topological polar surface area (TPSA) is 90.7 Å². The van der Waals surface area contributed by atoms with Crippen LogP contribution in [0, 0.1) is 12.8 Å². The van der Waals surface area contributed by atoms with E-state index in [1.54, 1.807) is 12.5 Å². The van der Waals surface area contributed by atoms with Gasteiger partial charge in [0.2, 0.25) is 0 Å². The molecule has 3 atom stereocenters. The second-order valence-electron chi connectivity index (χ2n) is 13.3. The van der Waals surface area contributed by atoms with Crippen LogP contribution in [0.2, 0.25) is 0 Å². The van der Waals surface area contributed by atoms with Crippen molar-refractivity contribution in [2.24, 2.45) is 5.92 Å². The summed E-state index contributed by atoms with van der Waals surface area (Å²) in [7, 11) is 2.19. The van der Waals surface area contributed by atoms with Gasteiger partial charge < -0.3 is 24.9 Å². The molecule has 0 radical (unpaired) electrons. The number of aryl methyl sites for hydroxylation is 1. The zero-order valence-corrected chi connectivity index (χ0v) is 26.3. The van der Waals surface area contributed by atoms with Crippen LogP contribution < -0.4 is 15.5 Å². The van der Waals surface area contributed by atoms with Crippen LogP contribution in [0.1, 0.15) is 81.8 Å². The summed E-state index contributed by atoms with van der Waals surface area (Å²) >= 11 is 0. The molecule has 45 heavy (non-hydrogen) atoms. The van der Waals surface area contributed by atoms with Gasteiger partial charge in [-0.05, 0) is 113 Å². The molecule has 4 aromatic rings. The number of pyridine rings is 1. The smallest absolute Gasteiger partial charge is 0.253 e. The van der Waals surface area contributed by atoms with Crippen molar-refractivity contribution in [3.05, 3.63) is 94.9 Å². The predicted molar refractivity (Wildman–Crippen MR) is 177 cm³/mol. The Bertz CT molecular complexity index is 1660. The number of aromatic nitrogens is 1.